The predicted octanol–water partition coefficient (Wildman–Crippen LogP) is 1.09. The zero-order valence-electron chi connectivity index (χ0n) is 7.95. The van der Waals surface area contributed by atoms with Gasteiger partial charge in [0, 0.05) is 6.42 Å². The van der Waals surface area contributed by atoms with Crippen molar-refractivity contribution in [1.82, 2.24) is 0 Å². The molecule has 0 bridgehead atoms. The lowest BCUT2D eigenvalue weighted by atomic mass is 10.2. The summed E-state index contributed by atoms with van der Waals surface area (Å²) in [6.45, 7) is 1.39. The molecule has 1 rings (SSSR count). The summed E-state index contributed by atoms with van der Waals surface area (Å²) in [7, 11) is 1.41. The molecule has 13 heavy (non-hydrogen) atoms. The van der Waals surface area contributed by atoms with E-state index in [0.29, 0.717) is 19.6 Å². The number of ether oxygens (including phenoxy) is 3. The second-order valence-electron chi connectivity index (χ2n) is 2.99. The SMILES string of the molecule is COC(=O)CCCCC1OCCO1. The lowest BCUT2D eigenvalue weighted by Crippen LogP contribution is -2.07. The summed E-state index contributed by atoms with van der Waals surface area (Å²) in [5.41, 5.74) is 0. The third-order valence-electron chi connectivity index (χ3n) is 1.99. The predicted molar refractivity (Wildman–Crippen MR) is 46.2 cm³/mol. The van der Waals surface area contributed by atoms with Crippen molar-refractivity contribution in [3.63, 3.8) is 0 Å². The van der Waals surface area contributed by atoms with Crippen molar-refractivity contribution in [2.45, 2.75) is 32.0 Å². The minimum absolute atomic E-state index is 0.0438. The standard InChI is InChI=1S/C9H16O4/c1-11-8(10)4-2-3-5-9-12-6-7-13-9/h9H,2-7H2,1H3. The van der Waals surface area contributed by atoms with Crippen molar-refractivity contribution in [3.8, 4) is 0 Å². The van der Waals surface area contributed by atoms with E-state index in [0.717, 1.165) is 19.3 Å². The first-order chi connectivity index (χ1) is 6.33. The monoisotopic (exact) mass is 188 g/mol. The fraction of sp³-hybridized carbons (Fsp3) is 0.889. The number of unbranched alkanes of at least 4 members (excludes halogenated alkanes) is 1. The van der Waals surface area contributed by atoms with E-state index in [1.807, 2.05) is 0 Å². The molecule has 1 aliphatic rings. The Kier molecular flexibility index (Phi) is 4.78. The summed E-state index contributed by atoms with van der Waals surface area (Å²) in [4.78, 5) is 10.7. The maximum absolute atomic E-state index is 10.7. The van der Waals surface area contributed by atoms with E-state index in [9.17, 15) is 4.79 Å². The van der Waals surface area contributed by atoms with Gasteiger partial charge in [0.15, 0.2) is 6.29 Å². The first-order valence-electron chi connectivity index (χ1n) is 4.63. The second kappa shape index (κ2) is 5.94. The highest BCUT2D eigenvalue weighted by molar-refractivity contribution is 5.68. The Morgan fingerprint density at radius 1 is 1.38 bits per heavy atom. The lowest BCUT2D eigenvalue weighted by Gasteiger charge is -2.07. The lowest BCUT2D eigenvalue weighted by molar-refractivity contribution is -0.140. The minimum atomic E-state index is -0.145. The number of hydrogen-bond acceptors (Lipinski definition) is 4. The zero-order valence-corrected chi connectivity index (χ0v) is 7.95. The van der Waals surface area contributed by atoms with Crippen LogP contribution in [-0.2, 0) is 19.0 Å². The maximum Gasteiger partial charge on any atom is 0.305 e. The number of carbonyl (C=O) groups is 1. The van der Waals surface area contributed by atoms with Gasteiger partial charge in [-0.05, 0) is 19.3 Å². The van der Waals surface area contributed by atoms with Crippen molar-refractivity contribution in [3.05, 3.63) is 0 Å². The molecule has 0 aliphatic carbocycles. The Bertz CT molecular complexity index is 152. The summed E-state index contributed by atoms with van der Waals surface area (Å²) in [6, 6.07) is 0. The van der Waals surface area contributed by atoms with Crippen LogP contribution in [0.3, 0.4) is 0 Å². The number of methoxy groups -OCH3 is 1. The molecule has 0 N–H and O–H groups in total. The number of carbonyl (C=O) groups excluding carboxylic acids is 1. The van der Waals surface area contributed by atoms with Gasteiger partial charge in [0.05, 0.1) is 20.3 Å². The van der Waals surface area contributed by atoms with Gasteiger partial charge in [-0.15, -0.1) is 0 Å². The van der Waals surface area contributed by atoms with E-state index in [1.54, 1.807) is 0 Å². The van der Waals surface area contributed by atoms with Crippen LogP contribution in [0.2, 0.25) is 0 Å². The molecule has 0 aromatic rings. The molecule has 1 heterocycles. The van der Waals surface area contributed by atoms with Gasteiger partial charge < -0.3 is 14.2 Å². The van der Waals surface area contributed by atoms with Gasteiger partial charge in [-0.25, -0.2) is 0 Å². The molecule has 0 aromatic heterocycles. The average Bonchev–Trinajstić information content (AvgIpc) is 2.64. The fourth-order valence-corrected chi connectivity index (χ4v) is 1.26. The van der Waals surface area contributed by atoms with Gasteiger partial charge in [0.1, 0.15) is 0 Å². The van der Waals surface area contributed by atoms with Crippen LogP contribution >= 0.6 is 0 Å². The first-order valence-corrected chi connectivity index (χ1v) is 4.63. The van der Waals surface area contributed by atoms with E-state index in [4.69, 9.17) is 9.47 Å². The van der Waals surface area contributed by atoms with Gasteiger partial charge >= 0.3 is 5.97 Å². The molecule has 0 saturated carbocycles. The molecule has 0 unspecified atom stereocenters. The van der Waals surface area contributed by atoms with Crippen LogP contribution in [0.25, 0.3) is 0 Å². The maximum atomic E-state index is 10.7. The normalized spacial score (nSPS) is 17.6. The molecule has 1 aliphatic heterocycles. The molecule has 0 radical (unpaired) electrons. The smallest absolute Gasteiger partial charge is 0.305 e. The van der Waals surface area contributed by atoms with Crippen LogP contribution < -0.4 is 0 Å². The molecule has 1 saturated heterocycles. The van der Waals surface area contributed by atoms with Gasteiger partial charge in [-0.1, -0.05) is 0 Å². The number of esters is 1. The third kappa shape index (κ3) is 4.24. The van der Waals surface area contributed by atoms with Gasteiger partial charge in [-0.3, -0.25) is 4.79 Å². The number of hydrogen-bond donors (Lipinski definition) is 0. The summed E-state index contributed by atoms with van der Waals surface area (Å²) in [5.74, 6) is -0.145. The summed E-state index contributed by atoms with van der Waals surface area (Å²) >= 11 is 0. The van der Waals surface area contributed by atoms with Crippen LogP contribution in [0.15, 0.2) is 0 Å². The van der Waals surface area contributed by atoms with Crippen molar-refractivity contribution in [1.29, 1.82) is 0 Å². The zero-order chi connectivity index (χ0) is 9.52. The van der Waals surface area contributed by atoms with Crippen LogP contribution in [0.1, 0.15) is 25.7 Å². The quantitative estimate of drug-likeness (QED) is 0.478. The van der Waals surface area contributed by atoms with Gasteiger partial charge in [-0.2, -0.15) is 0 Å². The Morgan fingerprint density at radius 2 is 2.08 bits per heavy atom. The van der Waals surface area contributed by atoms with Crippen molar-refractivity contribution >= 4 is 5.97 Å². The Balaban J connectivity index is 1.91. The highest BCUT2D eigenvalue weighted by Gasteiger charge is 2.14. The van der Waals surface area contributed by atoms with E-state index >= 15 is 0 Å². The minimum Gasteiger partial charge on any atom is -0.469 e. The van der Waals surface area contributed by atoms with Crippen LogP contribution in [0.4, 0.5) is 0 Å². The molecule has 0 spiro atoms. The summed E-state index contributed by atoms with van der Waals surface area (Å²) < 4.78 is 15.0. The largest absolute Gasteiger partial charge is 0.469 e. The Labute approximate surface area is 78.2 Å². The number of rotatable bonds is 5. The topological polar surface area (TPSA) is 44.8 Å². The molecule has 1 fully saturated rings. The molecular weight excluding hydrogens is 172 g/mol. The average molecular weight is 188 g/mol. The Morgan fingerprint density at radius 3 is 2.69 bits per heavy atom. The van der Waals surface area contributed by atoms with E-state index in [1.165, 1.54) is 7.11 Å². The second-order valence-corrected chi connectivity index (χ2v) is 2.99. The van der Waals surface area contributed by atoms with Crippen LogP contribution in [0, 0.1) is 0 Å². The first kappa shape index (κ1) is 10.5. The van der Waals surface area contributed by atoms with Crippen LogP contribution in [0.5, 0.6) is 0 Å². The third-order valence-corrected chi connectivity index (χ3v) is 1.99. The molecule has 4 nitrogen and oxygen atoms in total. The van der Waals surface area contributed by atoms with E-state index in [-0.39, 0.29) is 12.3 Å². The molecule has 0 amide bonds. The van der Waals surface area contributed by atoms with Gasteiger partial charge in [0.2, 0.25) is 0 Å². The Hall–Kier alpha value is -0.610. The molecule has 0 atom stereocenters. The highest BCUT2D eigenvalue weighted by Crippen LogP contribution is 2.12. The molecule has 0 aromatic carbocycles. The van der Waals surface area contributed by atoms with Crippen molar-refractivity contribution in [2.75, 3.05) is 20.3 Å². The van der Waals surface area contributed by atoms with Gasteiger partial charge in [0.25, 0.3) is 0 Å². The van der Waals surface area contributed by atoms with Crippen LogP contribution in [-0.4, -0.2) is 32.6 Å². The summed E-state index contributed by atoms with van der Waals surface area (Å²) in [5, 5.41) is 0. The molecule has 76 valence electrons. The molecular formula is C9H16O4. The molecule has 4 heteroatoms. The summed E-state index contributed by atoms with van der Waals surface area (Å²) in [6.07, 6.45) is 3.10. The van der Waals surface area contributed by atoms with Crippen molar-refractivity contribution < 1.29 is 19.0 Å². The van der Waals surface area contributed by atoms with E-state index < -0.39 is 0 Å². The van der Waals surface area contributed by atoms with Crippen molar-refractivity contribution in [2.24, 2.45) is 0 Å². The van der Waals surface area contributed by atoms with E-state index in [2.05, 4.69) is 4.74 Å². The highest BCUT2D eigenvalue weighted by atomic mass is 16.7. The fourth-order valence-electron chi connectivity index (χ4n) is 1.26.